The molecule has 1 aromatic rings. The molecule has 1 rings (SSSR count). The van der Waals surface area contributed by atoms with Crippen LogP contribution >= 0.6 is 0 Å². The number of furan rings is 1. The first-order chi connectivity index (χ1) is 8.13. The van der Waals surface area contributed by atoms with Crippen molar-refractivity contribution in [3.63, 3.8) is 0 Å². The molecule has 1 aromatic heterocycles. The maximum atomic E-state index is 9.54. The second-order valence-electron chi connectivity index (χ2n) is 5.10. The molecule has 1 unspecified atom stereocenters. The van der Waals surface area contributed by atoms with E-state index in [1.54, 1.807) is 6.26 Å². The molecule has 98 valence electrons. The van der Waals surface area contributed by atoms with Crippen LogP contribution < -0.4 is 0 Å². The SMILES string of the molecule is CCCC(C)(CO)CN(CC)Cc1ccco1. The van der Waals surface area contributed by atoms with Crippen LogP contribution in [0.4, 0.5) is 0 Å². The van der Waals surface area contributed by atoms with Crippen molar-refractivity contribution in [1.29, 1.82) is 0 Å². The molecule has 0 aliphatic carbocycles. The first-order valence-corrected chi connectivity index (χ1v) is 6.49. The molecule has 0 aliphatic rings. The molecule has 1 N–H and O–H groups in total. The number of aliphatic hydroxyl groups excluding tert-OH is 1. The summed E-state index contributed by atoms with van der Waals surface area (Å²) in [6.07, 6.45) is 3.87. The monoisotopic (exact) mass is 239 g/mol. The van der Waals surface area contributed by atoms with E-state index in [2.05, 4.69) is 25.7 Å². The smallest absolute Gasteiger partial charge is 0.117 e. The summed E-state index contributed by atoms with van der Waals surface area (Å²) in [5, 5.41) is 9.54. The quantitative estimate of drug-likeness (QED) is 0.758. The van der Waals surface area contributed by atoms with Crippen LogP contribution in [0.1, 0.15) is 39.4 Å². The van der Waals surface area contributed by atoms with E-state index in [-0.39, 0.29) is 12.0 Å². The minimum atomic E-state index is -0.00263. The van der Waals surface area contributed by atoms with Gasteiger partial charge in [-0.05, 0) is 25.1 Å². The third-order valence-corrected chi connectivity index (χ3v) is 3.25. The molecule has 17 heavy (non-hydrogen) atoms. The van der Waals surface area contributed by atoms with Gasteiger partial charge in [-0.25, -0.2) is 0 Å². The van der Waals surface area contributed by atoms with E-state index >= 15 is 0 Å². The highest BCUT2D eigenvalue weighted by Gasteiger charge is 2.25. The van der Waals surface area contributed by atoms with Gasteiger partial charge in [-0.3, -0.25) is 4.90 Å². The lowest BCUT2D eigenvalue weighted by atomic mass is 9.86. The van der Waals surface area contributed by atoms with Crippen LogP contribution in [0.5, 0.6) is 0 Å². The van der Waals surface area contributed by atoms with Crippen LogP contribution in [0.25, 0.3) is 0 Å². The van der Waals surface area contributed by atoms with Crippen LogP contribution in [0.15, 0.2) is 22.8 Å². The van der Waals surface area contributed by atoms with Crippen LogP contribution in [-0.4, -0.2) is 29.7 Å². The van der Waals surface area contributed by atoms with Crippen molar-refractivity contribution in [2.45, 2.75) is 40.2 Å². The summed E-state index contributed by atoms with van der Waals surface area (Å²) in [6.45, 7) is 9.41. The predicted octanol–water partition coefficient (Wildman–Crippen LogP) is 2.90. The van der Waals surface area contributed by atoms with E-state index in [0.717, 1.165) is 38.2 Å². The molecule has 1 heterocycles. The lowest BCUT2D eigenvalue weighted by molar-refractivity contribution is 0.0759. The van der Waals surface area contributed by atoms with Gasteiger partial charge in [0.1, 0.15) is 5.76 Å². The zero-order chi connectivity index (χ0) is 12.7. The Morgan fingerprint density at radius 2 is 2.18 bits per heavy atom. The molecule has 0 spiro atoms. The Morgan fingerprint density at radius 3 is 2.65 bits per heavy atom. The van der Waals surface area contributed by atoms with Gasteiger partial charge >= 0.3 is 0 Å². The third kappa shape index (κ3) is 4.52. The molecular formula is C14H25NO2. The fourth-order valence-electron chi connectivity index (χ4n) is 2.25. The van der Waals surface area contributed by atoms with Gasteiger partial charge in [0.15, 0.2) is 0 Å². The molecule has 0 amide bonds. The van der Waals surface area contributed by atoms with Crippen LogP contribution in [0, 0.1) is 5.41 Å². The Labute approximate surface area is 104 Å². The van der Waals surface area contributed by atoms with Crippen molar-refractivity contribution in [2.75, 3.05) is 19.7 Å². The maximum absolute atomic E-state index is 9.54. The lowest BCUT2D eigenvalue weighted by Crippen LogP contribution is -2.37. The van der Waals surface area contributed by atoms with Crippen LogP contribution in [0.2, 0.25) is 0 Å². The molecular weight excluding hydrogens is 214 g/mol. The molecule has 3 nitrogen and oxygen atoms in total. The standard InChI is InChI=1S/C14H25NO2/c1-4-8-14(3,12-16)11-15(5-2)10-13-7-6-9-17-13/h6-7,9,16H,4-5,8,10-12H2,1-3H3. The topological polar surface area (TPSA) is 36.6 Å². The number of nitrogens with zero attached hydrogens (tertiary/aromatic N) is 1. The van der Waals surface area contributed by atoms with E-state index in [0.29, 0.717) is 0 Å². The van der Waals surface area contributed by atoms with E-state index in [9.17, 15) is 5.11 Å². The summed E-state index contributed by atoms with van der Waals surface area (Å²) < 4.78 is 5.37. The fourth-order valence-corrected chi connectivity index (χ4v) is 2.25. The minimum Gasteiger partial charge on any atom is -0.468 e. The summed E-state index contributed by atoms with van der Waals surface area (Å²) >= 11 is 0. The van der Waals surface area contributed by atoms with Gasteiger partial charge in [0.25, 0.3) is 0 Å². The van der Waals surface area contributed by atoms with Gasteiger partial charge in [0.2, 0.25) is 0 Å². The van der Waals surface area contributed by atoms with Gasteiger partial charge < -0.3 is 9.52 Å². The van der Waals surface area contributed by atoms with Crippen LogP contribution in [-0.2, 0) is 6.54 Å². The first kappa shape index (κ1) is 14.3. The summed E-state index contributed by atoms with van der Waals surface area (Å²) in [4.78, 5) is 2.32. The average molecular weight is 239 g/mol. The Kier molecular flexibility index (Phi) is 5.72. The highest BCUT2D eigenvalue weighted by atomic mass is 16.3. The maximum Gasteiger partial charge on any atom is 0.117 e. The third-order valence-electron chi connectivity index (χ3n) is 3.25. The second-order valence-corrected chi connectivity index (χ2v) is 5.10. The molecule has 0 fully saturated rings. The number of aliphatic hydroxyl groups is 1. The Balaban J connectivity index is 2.55. The molecule has 3 heteroatoms. The predicted molar refractivity (Wildman–Crippen MR) is 69.8 cm³/mol. The number of hydrogen-bond donors (Lipinski definition) is 1. The van der Waals surface area contributed by atoms with Crippen molar-refractivity contribution in [2.24, 2.45) is 5.41 Å². The van der Waals surface area contributed by atoms with Gasteiger partial charge in [-0.15, -0.1) is 0 Å². The highest BCUT2D eigenvalue weighted by molar-refractivity contribution is 4.98. The zero-order valence-corrected chi connectivity index (χ0v) is 11.3. The average Bonchev–Trinajstić information content (AvgIpc) is 2.81. The summed E-state index contributed by atoms with van der Waals surface area (Å²) in [5.74, 6) is 0.989. The van der Waals surface area contributed by atoms with E-state index < -0.39 is 0 Å². The fraction of sp³-hybridized carbons (Fsp3) is 0.714. The summed E-state index contributed by atoms with van der Waals surface area (Å²) in [7, 11) is 0. The summed E-state index contributed by atoms with van der Waals surface area (Å²) in [6, 6.07) is 3.92. The van der Waals surface area contributed by atoms with Crippen LogP contribution in [0.3, 0.4) is 0 Å². The molecule has 0 bridgehead atoms. The van der Waals surface area contributed by atoms with Crippen molar-refractivity contribution in [3.8, 4) is 0 Å². The highest BCUT2D eigenvalue weighted by Crippen LogP contribution is 2.24. The molecule has 0 saturated heterocycles. The number of hydrogen-bond acceptors (Lipinski definition) is 3. The molecule has 0 aromatic carbocycles. The van der Waals surface area contributed by atoms with Gasteiger partial charge in [-0.2, -0.15) is 0 Å². The van der Waals surface area contributed by atoms with Crippen molar-refractivity contribution >= 4 is 0 Å². The number of rotatable bonds is 8. The normalized spacial score (nSPS) is 15.1. The van der Waals surface area contributed by atoms with Gasteiger partial charge in [0.05, 0.1) is 12.8 Å². The van der Waals surface area contributed by atoms with E-state index in [1.165, 1.54) is 0 Å². The Hall–Kier alpha value is -0.800. The Morgan fingerprint density at radius 1 is 1.41 bits per heavy atom. The second kappa shape index (κ2) is 6.82. The van der Waals surface area contributed by atoms with Crippen molar-refractivity contribution < 1.29 is 9.52 Å². The van der Waals surface area contributed by atoms with Crippen molar-refractivity contribution in [1.82, 2.24) is 4.90 Å². The largest absolute Gasteiger partial charge is 0.468 e. The minimum absolute atomic E-state index is 0.00263. The zero-order valence-electron chi connectivity index (χ0n) is 11.3. The molecule has 0 radical (unpaired) electrons. The van der Waals surface area contributed by atoms with E-state index in [1.807, 2.05) is 12.1 Å². The molecule has 0 aliphatic heterocycles. The molecule has 1 atom stereocenters. The Bertz CT molecular complexity index is 297. The van der Waals surface area contributed by atoms with Gasteiger partial charge in [0, 0.05) is 18.6 Å². The van der Waals surface area contributed by atoms with Crippen molar-refractivity contribution in [3.05, 3.63) is 24.2 Å². The molecule has 0 saturated carbocycles. The summed E-state index contributed by atoms with van der Waals surface area (Å²) in [5.41, 5.74) is -0.00263. The van der Waals surface area contributed by atoms with E-state index in [4.69, 9.17) is 4.42 Å². The first-order valence-electron chi connectivity index (χ1n) is 6.49. The van der Waals surface area contributed by atoms with Gasteiger partial charge in [-0.1, -0.05) is 27.2 Å². The lowest BCUT2D eigenvalue weighted by Gasteiger charge is -2.33.